The molecule has 4 heteroatoms. The van der Waals surface area contributed by atoms with Gasteiger partial charge in [-0.1, -0.05) is 15.9 Å². The third-order valence-corrected chi connectivity index (χ3v) is 4.48. The van der Waals surface area contributed by atoms with E-state index >= 15 is 0 Å². The van der Waals surface area contributed by atoms with Crippen LogP contribution in [-0.2, 0) is 0 Å². The molecule has 100 valence electrons. The first kappa shape index (κ1) is 14.9. The minimum absolute atomic E-state index is 0.271. The fourth-order valence-electron chi connectivity index (χ4n) is 2.23. The highest BCUT2D eigenvalue weighted by molar-refractivity contribution is 14.1. The number of halogens is 3. The average Bonchev–Trinajstić information content (AvgIpc) is 2.30. The predicted octanol–water partition coefficient (Wildman–Crippen LogP) is 4.89. The summed E-state index contributed by atoms with van der Waals surface area (Å²) in [5, 5.41) is 10.6. The van der Waals surface area contributed by atoms with Gasteiger partial charge < -0.3 is 5.11 Å². The molecule has 0 amide bonds. The van der Waals surface area contributed by atoms with E-state index in [9.17, 15) is 9.50 Å². The van der Waals surface area contributed by atoms with Crippen molar-refractivity contribution in [1.82, 2.24) is 0 Å². The van der Waals surface area contributed by atoms with Crippen molar-refractivity contribution < 1.29 is 9.50 Å². The van der Waals surface area contributed by atoms with E-state index in [0.29, 0.717) is 0 Å². The Bertz CT molecular complexity index is 605. The Kier molecular flexibility index (Phi) is 4.63. The Morgan fingerprint density at radius 1 is 1.16 bits per heavy atom. The standard InChI is InChI=1S/C15H13BrFIO/c1-8-5-10(17)6-9(2)14(8)15(19)12-7-11(18)3-4-13(12)16/h3-7,15,19H,1-2H3. The fourth-order valence-corrected chi connectivity index (χ4v) is 3.21. The molecule has 0 saturated heterocycles. The van der Waals surface area contributed by atoms with Crippen molar-refractivity contribution in [3.8, 4) is 0 Å². The molecule has 1 unspecified atom stereocenters. The van der Waals surface area contributed by atoms with E-state index in [-0.39, 0.29) is 5.82 Å². The first-order chi connectivity index (χ1) is 8.90. The third kappa shape index (κ3) is 3.17. The molecule has 0 radical (unpaired) electrons. The molecule has 0 aliphatic carbocycles. The molecule has 2 aromatic rings. The number of aliphatic hydroxyl groups excluding tert-OH is 1. The van der Waals surface area contributed by atoms with Gasteiger partial charge in [-0.25, -0.2) is 4.39 Å². The molecule has 0 aliphatic heterocycles. The largest absolute Gasteiger partial charge is 0.384 e. The summed E-state index contributed by atoms with van der Waals surface area (Å²) >= 11 is 5.66. The summed E-state index contributed by atoms with van der Waals surface area (Å²) in [4.78, 5) is 0. The van der Waals surface area contributed by atoms with Crippen LogP contribution in [0.5, 0.6) is 0 Å². The van der Waals surface area contributed by atoms with Crippen LogP contribution in [0.3, 0.4) is 0 Å². The van der Waals surface area contributed by atoms with Gasteiger partial charge in [-0.2, -0.15) is 0 Å². The Morgan fingerprint density at radius 2 is 1.74 bits per heavy atom. The van der Waals surface area contributed by atoms with Gasteiger partial charge in [0.05, 0.1) is 0 Å². The molecule has 0 saturated carbocycles. The Morgan fingerprint density at radius 3 is 2.32 bits per heavy atom. The molecule has 0 aromatic heterocycles. The van der Waals surface area contributed by atoms with Gasteiger partial charge in [0.1, 0.15) is 11.9 Å². The van der Waals surface area contributed by atoms with E-state index in [4.69, 9.17) is 0 Å². The lowest BCUT2D eigenvalue weighted by Gasteiger charge is -2.18. The van der Waals surface area contributed by atoms with Gasteiger partial charge in [0, 0.05) is 13.6 Å². The quantitative estimate of drug-likeness (QED) is 0.667. The van der Waals surface area contributed by atoms with Gasteiger partial charge in [-0.15, -0.1) is 0 Å². The van der Waals surface area contributed by atoms with Crippen LogP contribution in [-0.4, -0.2) is 5.11 Å². The summed E-state index contributed by atoms with van der Waals surface area (Å²) in [5.41, 5.74) is 3.08. The van der Waals surface area contributed by atoms with Gasteiger partial charge in [0.25, 0.3) is 0 Å². The zero-order valence-corrected chi connectivity index (χ0v) is 14.3. The highest BCUT2D eigenvalue weighted by Gasteiger charge is 2.19. The second kappa shape index (κ2) is 5.89. The number of aryl methyl sites for hydroxylation is 2. The van der Waals surface area contributed by atoms with Gasteiger partial charge in [0.15, 0.2) is 0 Å². The van der Waals surface area contributed by atoms with E-state index in [0.717, 1.165) is 30.3 Å². The Hall–Kier alpha value is -0.460. The van der Waals surface area contributed by atoms with Gasteiger partial charge >= 0.3 is 0 Å². The minimum atomic E-state index is -0.760. The molecule has 0 bridgehead atoms. The lowest BCUT2D eigenvalue weighted by atomic mass is 9.93. The van der Waals surface area contributed by atoms with E-state index in [1.807, 2.05) is 32.0 Å². The van der Waals surface area contributed by atoms with E-state index in [2.05, 4.69) is 38.5 Å². The zero-order chi connectivity index (χ0) is 14.2. The monoisotopic (exact) mass is 434 g/mol. The van der Waals surface area contributed by atoms with Crippen molar-refractivity contribution >= 4 is 38.5 Å². The van der Waals surface area contributed by atoms with Gasteiger partial charge in [-0.05, 0) is 83.5 Å². The van der Waals surface area contributed by atoms with Crippen molar-refractivity contribution in [2.75, 3.05) is 0 Å². The molecule has 0 spiro atoms. The molecule has 1 N–H and O–H groups in total. The van der Waals surface area contributed by atoms with E-state index in [1.54, 1.807) is 0 Å². The summed E-state index contributed by atoms with van der Waals surface area (Å²) < 4.78 is 15.2. The van der Waals surface area contributed by atoms with Crippen LogP contribution < -0.4 is 0 Å². The van der Waals surface area contributed by atoms with Gasteiger partial charge in [-0.3, -0.25) is 0 Å². The van der Waals surface area contributed by atoms with Crippen molar-refractivity contribution in [1.29, 1.82) is 0 Å². The maximum absolute atomic E-state index is 13.3. The SMILES string of the molecule is Cc1cc(F)cc(C)c1C(O)c1cc(I)ccc1Br. The average molecular weight is 435 g/mol. The topological polar surface area (TPSA) is 20.2 Å². The smallest absolute Gasteiger partial charge is 0.123 e. The number of hydrogen-bond acceptors (Lipinski definition) is 1. The van der Waals surface area contributed by atoms with E-state index in [1.165, 1.54) is 12.1 Å². The van der Waals surface area contributed by atoms with Crippen LogP contribution in [0.4, 0.5) is 4.39 Å². The molecule has 19 heavy (non-hydrogen) atoms. The summed E-state index contributed by atoms with van der Waals surface area (Å²) in [6.45, 7) is 3.63. The van der Waals surface area contributed by atoms with Crippen molar-refractivity contribution in [3.63, 3.8) is 0 Å². The molecule has 1 nitrogen and oxygen atoms in total. The van der Waals surface area contributed by atoms with Crippen LogP contribution >= 0.6 is 38.5 Å². The molecule has 0 aliphatic rings. The van der Waals surface area contributed by atoms with Crippen molar-refractivity contribution in [3.05, 3.63) is 66.4 Å². The summed E-state index contributed by atoms with van der Waals surface area (Å²) in [6, 6.07) is 8.71. The maximum atomic E-state index is 13.3. The summed E-state index contributed by atoms with van der Waals surface area (Å²) in [5.74, 6) is -0.271. The number of aliphatic hydroxyl groups is 1. The Labute approximate surface area is 134 Å². The second-order valence-electron chi connectivity index (χ2n) is 4.52. The van der Waals surface area contributed by atoms with Gasteiger partial charge in [0.2, 0.25) is 0 Å². The van der Waals surface area contributed by atoms with Crippen molar-refractivity contribution in [2.45, 2.75) is 20.0 Å². The number of rotatable bonds is 2. The van der Waals surface area contributed by atoms with Crippen LogP contribution in [0.25, 0.3) is 0 Å². The molecule has 0 heterocycles. The lowest BCUT2D eigenvalue weighted by molar-refractivity contribution is 0.218. The highest BCUT2D eigenvalue weighted by Crippen LogP contribution is 2.33. The molecular weight excluding hydrogens is 422 g/mol. The second-order valence-corrected chi connectivity index (χ2v) is 6.62. The van der Waals surface area contributed by atoms with E-state index < -0.39 is 6.10 Å². The normalized spacial score (nSPS) is 12.5. The fraction of sp³-hybridized carbons (Fsp3) is 0.200. The molecule has 2 rings (SSSR count). The molecule has 0 fully saturated rings. The highest BCUT2D eigenvalue weighted by atomic mass is 127. The molecular formula is C15H13BrFIO. The van der Waals surface area contributed by atoms with Crippen LogP contribution in [0.1, 0.15) is 28.4 Å². The zero-order valence-electron chi connectivity index (χ0n) is 10.5. The first-order valence-corrected chi connectivity index (χ1v) is 7.67. The Balaban J connectivity index is 2.56. The maximum Gasteiger partial charge on any atom is 0.123 e. The van der Waals surface area contributed by atoms with Crippen molar-refractivity contribution in [2.24, 2.45) is 0 Å². The molecule has 1 atom stereocenters. The lowest BCUT2D eigenvalue weighted by Crippen LogP contribution is -2.06. The first-order valence-electron chi connectivity index (χ1n) is 5.80. The van der Waals surface area contributed by atoms with Crippen LogP contribution in [0.2, 0.25) is 0 Å². The van der Waals surface area contributed by atoms with Crippen LogP contribution in [0.15, 0.2) is 34.8 Å². The number of hydrogen-bond donors (Lipinski definition) is 1. The molecule has 2 aromatic carbocycles. The minimum Gasteiger partial charge on any atom is -0.384 e. The number of benzene rings is 2. The predicted molar refractivity (Wildman–Crippen MR) is 86.8 cm³/mol. The third-order valence-electron chi connectivity index (χ3n) is 3.08. The summed E-state index contributed by atoms with van der Waals surface area (Å²) in [7, 11) is 0. The summed E-state index contributed by atoms with van der Waals surface area (Å²) in [6.07, 6.45) is -0.760. The van der Waals surface area contributed by atoms with Crippen LogP contribution in [0, 0.1) is 23.2 Å².